The Morgan fingerprint density at radius 2 is 2.00 bits per heavy atom. The molecule has 0 spiro atoms. The summed E-state index contributed by atoms with van der Waals surface area (Å²) in [6.45, 7) is 1.60. The van der Waals surface area contributed by atoms with Gasteiger partial charge >= 0.3 is 5.69 Å². The summed E-state index contributed by atoms with van der Waals surface area (Å²) < 4.78 is 10.3. The summed E-state index contributed by atoms with van der Waals surface area (Å²) in [5.74, 6) is -0.384. The first kappa shape index (κ1) is 16.9. The molecule has 1 heterocycles. The highest BCUT2D eigenvalue weighted by Gasteiger charge is 2.24. The second-order valence-corrected chi connectivity index (χ2v) is 4.34. The quantitative estimate of drug-likeness (QED) is 0.546. The number of amides is 1. The molecule has 1 aromatic heterocycles. The van der Waals surface area contributed by atoms with E-state index in [0.29, 0.717) is 5.75 Å². The van der Waals surface area contributed by atoms with E-state index in [2.05, 4.69) is 20.8 Å². The first-order valence-electron chi connectivity index (χ1n) is 6.96. The molecule has 2 rings (SSSR count). The van der Waals surface area contributed by atoms with Crippen LogP contribution in [0.25, 0.3) is 0 Å². The number of nitrogens with one attached hydrogen (secondary N) is 2. The summed E-state index contributed by atoms with van der Waals surface area (Å²) >= 11 is 0. The van der Waals surface area contributed by atoms with Crippen molar-refractivity contribution in [3.05, 3.63) is 46.8 Å². The Kier molecular flexibility index (Phi) is 5.83. The van der Waals surface area contributed by atoms with E-state index in [0.717, 1.165) is 6.33 Å². The highest BCUT2D eigenvalue weighted by atomic mass is 16.6. The van der Waals surface area contributed by atoms with Crippen LogP contribution in [0.4, 0.5) is 11.5 Å². The van der Waals surface area contributed by atoms with Crippen molar-refractivity contribution in [1.82, 2.24) is 15.4 Å². The van der Waals surface area contributed by atoms with Gasteiger partial charge in [-0.05, 0) is 19.1 Å². The van der Waals surface area contributed by atoms with Gasteiger partial charge < -0.3 is 9.47 Å². The lowest BCUT2D eigenvalue weighted by molar-refractivity contribution is -0.385. The minimum Gasteiger partial charge on any atom is -0.484 e. The predicted molar refractivity (Wildman–Crippen MR) is 83.6 cm³/mol. The molecule has 126 valence electrons. The lowest BCUT2D eigenvalue weighted by Gasteiger charge is -2.10. The van der Waals surface area contributed by atoms with E-state index >= 15 is 0 Å². The van der Waals surface area contributed by atoms with Crippen LogP contribution in [0.5, 0.6) is 11.6 Å². The molecule has 10 nitrogen and oxygen atoms in total. The van der Waals surface area contributed by atoms with Crippen LogP contribution < -0.4 is 20.3 Å². The maximum atomic E-state index is 11.7. The molecule has 2 N–H and O–H groups in total. The normalized spacial score (nSPS) is 9.88. The summed E-state index contributed by atoms with van der Waals surface area (Å²) in [7, 11) is 0. The molecule has 0 aliphatic heterocycles. The van der Waals surface area contributed by atoms with Gasteiger partial charge in [-0.2, -0.15) is 4.98 Å². The predicted octanol–water partition coefficient (Wildman–Crippen LogP) is 1.31. The van der Waals surface area contributed by atoms with Gasteiger partial charge in [-0.15, -0.1) is 0 Å². The molecule has 0 bridgehead atoms. The van der Waals surface area contributed by atoms with Gasteiger partial charge in [0.2, 0.25) is 5.82 Å². The third kappa shape index (κ3) is 4.53. The number of nitrogens with zero attached hydrogens (tertiary/aromatic N) is 3. The zero-order chi connectivity index (χ0) is 17.4. The van der Waals surface area contributed by atoms with Crippen molar-refractivity contribution in [2.75, 3.05) is 18.6 Å². The molecule has 0 unspecified atom stereocenters. The first-order chi connectivity index (χ1) is 11.6. The molecule has 0 radical (unpaired) electrons. The summed E-state index contributed by atoms with van der Waals surface area (Å²) in [5, 5.41) is 11.1. The fraction of sp³-hybridized carbons (Fsp3) is 0.214. The van der Waals surface area contributed by atoms with Crippen LogP contribution in [0.15, 0.2) is 36.7 Å². The number of para-hydroxylation sites is 1. The maximum Gasteiger partial charge on any atom is 0.374 e. The topological polar surface area (TPSA) is 129 Å². The fourth-order valence-electron chi connectivity index (χ4n) is 1.69. The van der Waals surface area contributed by atoms with E-state index in [9.17, 15) is 14.9 Å². The number of hydrogen-bond donors (Lipinski definition) is 2. The van der Waals surface area contributed by atoms with Crippen LogP contribution in [-0.2, 0) is 4.79 Å². The lowest BCUT2D eigenvalue weighted by atomic mass is 10.3. The number of nitro groups is 1. The second-order valence-electron chi connectivity index (χ2n) is 4.34. The van der Waals surface area contributed by atoms with Gasteiger partial charge in [0.05, 0.1) is 11.5 Å². The van der Waals surface area contributed by atoms with E-state index in [4.69, 9.17) is 9.47 Å². The molecule has 1 aromatic carbocycles. The number of rotatable bonds is 8. The SMILES string of the molecule is CCOc1ncnc(NNC(=O)COc2ccccc2)c1[N+](=O)[O-]. The van der Waals surface area contributed by atoms with E-state index in [1.165, 1.54) is 0 Å². The molecule has 0 atom stereocenters. The summed E-state index contributed by atoms with van der Waals surface area (Å²) in [6.07, 6.45) is 1.09. The molecule has 10 heteroatoms. The second kappa shape index (κ2) is 8.27. The zero-order valence-corrected chi connectivity index (χ0v) is 12.8. The molecule has 0 saturated carbocycles. The number of benzene rings is 1. The Hall–Kier alpha value is -3.43. The van der Waals surface area contributed by atoms with E-state index < -0.39 is 16.5 Å². The van der Waals surface area contributed by atoms with Crippen molar-refractivity contribution in [3.8, 4) is 11.6 Å². The number of aromatic nitrogens is 2. The number of ether oxygens (including phenoxy) is 2. The number of hydrazine groups is 1. The van der Waals surface area contributed by atoms with Crippen LogP contribution in [0.3, 0.4) is 0 Å². The van der Waals surface area contributed by atoms with Gasteiger partial charge in [0, 0.05) is 0 Å². The van der Waals surface area contributed by atoms with Gasteiger partial charge in [-0.1, -0.05) is 18.2 Å². The van der Waals surface area contributed by atoms with Crippen LogP contribution in [-0.4, -0.2) is 34.0 Å². The Labute approximate surface area is 136 Å². The Morgan fingerprint density at radius 3 is 2.67 bits per heavy atom. The molecular formula is C14H15N5O5. The van der Waals surface area contributed by atoms with Crippen molar-refractivity contribution < 1.29 is 19.2 Å². The zero-order valence-electron chi connectivity index (χ0n) is 12.8. The van der Waals surface area contributed by atoms with Gasteiger partial charge in [0.1, 0.15) is 12.1 Å². The molecule has 0 fully saturated rings. The van der Waals surface area contributed by atoms with E-state index in [-0.39, 0.29) is 24.9 Å². The Bertz CT molecular complexity index is 710. The summed E-state index contributed by atoms with van der Waals surface area (Å²) in [4.78, 5) is 29.6. The Morgan fingerprint density at radius 1 is 1.25 bits per heavy atom. The number of anilines is 1. The number of carbonyl (C=O) groups excluding carboxylic acids is 1. The van der Waals surface area contributed by atoms with Crippen LogP contribution in [0, 0.1) is 10.1 Å². The van der Waals surface area contributed by atoms with Crippen molar-refractivity contribution in [1.29, 1.82) is 0 Å². The maximum absolute atomic E-state index is 11.7. The molecule has 0 aliphatic carbocycles. The number of hydrogen-bond acceptors (Lipinski definition) is 8. The monoisotopic (exact) mass is 333 g/mol. The van der Waals surface area contributed by atoms with Crippen LogP contribution >= 0.6 is 0 Å². The van der Waals surface area contributed by atoms with Crippen molar-refractivity contribution in [3.63, 3.8) is 0 Å². The minimum absolute atomic E-state index is 0.185. The van der Waals surface area contributed by atoms with Crippen molar-refractivity contribution >= 4 is 17.4 Å². The van der Waals surface area contributed by atoms with E-state index in [1.54, 1.807) is 31.2 Å². The third-order valence-electron chi connectivity index (χ3n) is 2.69. The highest BCUT2D eigenvalue weighted by Crippen LogP contribution is 2.30. The van der Waals surface area contributed by atoms with E-state index in [1.807, 2.05) is 6.07 Å². The van der Waals surface area contributed by atoms with Gasteiger partial charge in [-0.25, -0.2) is 4.98 Å². The largest absolute Gasteiger partial charge is 0.484 e. The van der Waals surface area contributed by atoms with Gasteiger partial charge in [0.25, 0.3) is 11.8 Å². The molecular weight excluding hydrogens is 318 g/mol. The summed E-state index contributed by atoms with van der Waals surface area (Å²) in [6, 6.07) is 8.75. The molecule has 2 aromatic rings. The lowest BCUT2D eigenvalue weighted by Crippen LogP contribution is -2.34. The summed E-state index contributed by atoms with van der Waals surface area (Å²) in [5.41, 5.74) is 4.18. The van der Waals surface area contributed by atoms with Crippen molar-refractivity contribution in [2.24, 2.45) is 0 Å². The smallest absolute Gasteiger partial charge is 0.374 e. The third-order valence-corrected chi connectivity index (χ3v) is 2.69. The molecule has 0 aliphatic rings. The number of carbonyl (C=O) groups is 1. The molecule has 24 heavy (non-hydrogen) atoms. The van der Waals surface area contributed by atoms with Crippen LogP contribution in [0.2, 0.25) is 0 Å². The fourth-order valence-corrected chi connectivity index (χ4v) is 1.69. The highest BCUT2D eigenvalue weighted by molar-refractivity contribution is 5.79. The minimum atomic E-state index is -0.694. The molecule has 1 amide bonds. The average molecular weight is 333 g/mol. The Balaban J connectivity index is 1.97. The van der Waals surface area contributed by atoms with Gasteiger partial charge in [0.15, 0.2) is 6.61 Å². The average Bonchev–Trinajstić information content (AvgIpc) is 2.59. The van der Waals surface area contributed by atoms with Gasteiger partial charge in [-0.3, -0.25) is 25.8 Å². The van der Waals surface area contributed by atoms with Crippen molar-refractivity contribution in [2.45, 2.75) is 6.92 Å². The standard InChI is InChI=1S/C14H15N5O5/c1-2-23-14-12(19(21)22)13(15-9-16-14)18-17-11(20)8-24-10-6-4-3-5-7-10/h3-7,9H,2,8H2,1H3,(H,17,20)(H,15,16,18). The molecule has 0 saturated heterocycles. The first-order valence-corrected chi connectivity index (χ1v) is 6.96. The van der Waals surface area contributed by atoms with Crippen LogP contribution in [0.1, 0.15) is 6.92 Å².